The van der Waals surface area contributed by atoms with Gasteiger partial charge in [0.2, 0.25) is 11.8 Å². The predicted octanol–water partition coefficient (Wildman–Crippen LogP) is 4.76. The first-order chi connectivity index (χ1) is 16.0. The number of sulfone groups is 1. The molecule has 186 valence electrons. The van der Waals surface area contributed by atoms with Crippen LogP contribution >= 0.6 is 23.2 Å². The highest BCUT2D eigenvalue weighted by Gasteiger charge is 2.27. The van der Waals surface area contributed by atoms with Crippen molar-refractivity contribution in [2.24, 2.45) is 0 Å². The van der Waals surface area contributed by atoms with E-state index in [1.165, 1.54) is 12.5 Å². The second kappa shape index (κ2) is 11.1. The van der Waals surface area contributed by atoms with Crippen molar-refractivity contribution in [1.82, 2.24) is 9.88 Å². The van der Waals surface area contributed by atoms with Gasteiger partial charge in [-0.05, 0) is 50.0 Å². The molecule has 2 aromatic rings. The molecule has 2 heterocycles. The van der Waals surface area contributed by atoms with E-state index >= 15 is 0 Å². The standard InChI is InChI=1S/C23H29Cl2N3O5S/c1-14(2)18-11-16(12-26-23(18)32-3)33-22-19(24)9-15(10-20(22)25)27-21(29)13-28-7-5-17(6-8-28)34(4,30)31/h9-12,14,17H,5-8,13H2,1-4H3,(H,27,29). The summed E-state index contributed by atoms with van der Waals surface area (Å²) in [6.07, 6.45) is 3.83. The molecular formula is C23H29Cl2N3O5S. The average molecular weight is 530 g/mol. The molecule has 0 saturated carbocycles. The number of amides is 1. The minimum absolute atomic E-state index is 0.152. The Morgan fingerprint density at radius 2 is 1.82 bits per heavy atom. The molecular weight excluding hydrogens is 501 g/mol. The summed E-state index contributed by atoms with van der Waals surface area (Å²) >= 11 is 12.8. The summed E-state index contributed by atoms with van der Waals surface area (Å²) in [7, 11) is -1.49. The summed E-state index contributed by atoms with van der Waals surface area (Å²) in [5, 5.41) is 2.92. The van der Waals surface area contributed by atoms with Crippen LogP contribution < -0.4 is 14.8 Å². The van der Waals surface area contributed by atoms with Crippen LogP contribution in [-0.4, -0.2) is 62.5 Å². The molecule has 0 aliphatic carbocycles. The minimum Gasteiger partial charge on any atom is -0.481 e. The largest absolute Gasteiger partial charge is 0.481 e. The number of anilines is 1. The molecule has 1 amide bonds. The zero-order valence-corrected chi connectivity index (χ0v) is 21.9. The Morgan fingerprint density at radius 3 is 2.35 bits per heavy atom. The van der Waals surface area contributed by atoms with Gasteiger partial charge in [0.15, 0.2) is 5.75 Å². The number of benzene rings is 1. The van der Waals surface area contributed by atoms with Crippen LogP contribution in [0.4, 0.5) is 5.69 Å². The second-order valence-corrected chi connectivity index (χ2v) is 11.8. The normalized spacial score (nSPS) is 15.4. The smallest absolute Gasteiger partial charge is 0.238 e. The van der Waals surface area contributed by atoms with E-state index < -0.39 is 9.84 Å². The third-order valence-electron chi connectivity index (χ3n) is 5.68. The van der Waals surface area contributed by atoms with Crippen LogP contribution in [-0.2, 0) is 14.6 Å². The Bertz CT molecular complexity index is 1130. The van der Waals surface area contributed by atoms with Crippen molar-refractivity contribution in [2.45, 2.75) is 37.9 Å². The molecule has 3 rings (SSSR count). The number of rotatable bonds is 8. The van der Waals surface area contributed by atoms with Gasteiger partial charge in [0, 0.05) is 17.5 Å². The topological polar surface area (TPSA) is 97.8 Å². The maximum Gasteiger partial charge on any atom is 0.238 e. The molecule has 8 nitrogen and oxygen atoms in total. The van der Waals surface area contributed by atoms with E-state index in [0.717, 1.165) is 5.56 Å². The molecule has 0 spiro atoms. The summed E-state index contributed by atoms with van der Waals surface area (Å²) < 4.78 is 34.6. The number of hydrogen-bond acceptors (Lipinski definition) is 7. The van der Waals surface area contributed by atoms with Crippen molar-refractivity contribution in [3.8, 4) is 17.4 Å². The van der Waals surface area contributed by atoms with Crippen molar-refractivity contribution in [3.63, 3.8) is 0 Å². The molecule has 0 bridgehead atoms. The Labute approximate surface area is 210 Å². The Hall–Kier alpha value is -2.07. The molecule has 0 atom stereocenters. The van der Waals surface area contributed by atoms with Crippen LogP contribution in [0, 0.1) is 0 Å². The quantitative estimate of drug-likeness (QED) is 0.526. The van der Waals surface area contributed by atoms with Crippen LogP contribution in [0.3, 0.4) is 0 Å². The SMILES string of the molecule is COc1ncc(Oc2c(Cl)cc(NC(=O)CN3CCC(S(C)(=O)=O)CC3)cc2Cl)cc1C(C)C. The second-order valence-electron chi connectivity index (χ2n) is 8.65. The van der Waals surface area contributed by atoms with E-state index in [4.69, 9.17) is 32.7 Å². The third-order valence-corrected chi connectivity index (χ3v) is 7.92. The fraction of sp³-hybridized carbons (Fsp3) is 0.478. The molecule has 1 N–H and O–H groups in total. The van der Waals surface area contributed by atoms with Crippen molar-refractivity contribution in [1.29, 1.82) is 0 Å². The Morgan fingerprint density at radius 1 is 1.21 bits per heavy atom. The van der Waals surface area contributed by atoms with Gasteiger partial charge in [-0.15, -0.1) is 0 Å². The molecule has 11 heteroatoms. The van der Waals surface area contributed by atoms with Crippen LogP contribution in [0.25, 0.3) is 0 Å². The number of methoxy groups -OCH3 is 1. The highest BCUT2D eigenvalue weighted by Crippen LogP contribution is 2.40. The molecule has 1 fully saturated rings. The number of carbonyl (C=O) groups excluding carboxylic acids is 1. The number of likely N-dealkylation sites (tertiary alicyclic amines) is 1. The van der Waals surface area contributed by atoms with E-state index in [1.54, 1.807) is 19.2 Å². The van der Waals surface area contributed by atoms with Crippen LogP contribution in [0.15, 0.2) is 24.4 Å². The van der Waals surface area contributed by atoms with Crippen LogP contribution in [0.1, 0.15) is 38.2 Å². The zero-order valence-electron chi connectivity index (χ0n) is 19.6. The minimum atomic E-state index is -3.05. The maximum absolute atomic E-state index is 12.5. The predicted molar refractivity (Wildman–Crippen MR) is 134 cm³/mol. The first-order valence-corrected chi connectivity index (χ1v) is 13.6. The molecule has 34 heavy (non-hydrogen) atoms. The number of nitrogens with one attached hydrogen (secondary N) is 1. The summed E-state index contributed by atoms with van der Waals surface area (Å²) in [6, 6.07) is 4.96. The first-order valence-electron chi connectivity index (χ1n) is 10.9. The average Bonchev–Trinajstić information content (AvgIpc) is 2.75. The number of nitrogens with zero attached hydrogens (tertiary/aromatic N) is 2. The van der Waals surface area contributed by atoms with Crippen molar-refractivity contribution >= 4 is 44.6 Å². The number of pyridine rings is 1. The summed E-state index contributed by atoms with van der Waals surface area (Å²) in [5.41, 5.74) is 1.32. The van der Waals surface area contributed by atoms with Crippen molar-refractivity contribution in [2.75, 3.05) is 38.3 Å². The van der Waals surface area contributed by atoms with E-state index in [2.05, 4.69) is 10.3 Å². The van der Waals surface area contributed by atoms with Crippen LogP contribution in [0.2, 0.25) is 10.0 Å². The van der Waals surface area contributed by atoms with Gasteiger partial charge in [-0.25, -0.2) is 13.4 Å². The molecule has 0 radical (unpaired) electrons. The molecule has 1 aliphatic rings. The first kappa shape index (κ1) is 26.5. The van der Waals surface area contributed by atoms with Gasteiger partial charge >= 0.3 is 0 Å². The van der Waals surface area contributed by atoms with Gasteiger partial charge in [0.25, 0.3) is 0 Å². The molecule has 1 aromatic carbocycles. The third kappa shape index (κ3) is 6.75. The zero-order chi connectivity index (χ0) is 25.0. The lowest BCUT2D eigenvalue weighted by atomic mass is 10.1. The lowest BCUT2D eigenvalue weighted by Gasteiger charge is -2.30. The number of piperidine rings is 1. The summed E-state index contributed by atoms with van der Waals surface area (Å²) in [5.74, 6) is 1.18. The van der Waals surface area contributed by atoms with Gasteiger partial charge in [-0.3, -0.25) is 9.69 Å². The summed E-state index contributed by atoms with van der Waals surface area (Å²) in [6.45, 7) is 5.30. The number of ether oxygens (including phenoxy) is 2. The Kier molecular flexibility index (Phi) is 8.67. The van der Waals surface area contributed by atoms with Gasteiger partial charge in [0.1, 0.15) is 15.6 Å². The Balaban J connectivity index is 1.64. The lowest BCUT2D eigenvalue weighted by Crippen LogP contribution is -2.42. The summed E-state index contributed by atoms with van der Waals surface area (Å²) in [4.78, 5) is 18.7. The molecule has 1 aliphatic heterocycles. The monoisotopic (exact) mass is 529 g/mol. The number of halogens is 2. The maximum atomic E-state index is 12.5. The van der Waals surface area contributed by atoms with Crippen LogP contribution in [0.5, 0.6) is 17.4 Å². The van der Waals surface area contributed by atoms with E-state index in [0.29, 0.717) is 43.2 Å². The fourth-order valence-electron chi connectivity index (χ4n) is 3.84. The molecule has 0 unspecified atom stereocenters. The van der Waals surface area contributed by atoms with E-state index in [9.17, 15) is 13.2 Å². The molecule has 1 saturated heterocycles. The van der Waals surface area contributed by atoms with Gasteiger partial charge in [-0.1, -0.05) is 37.0 Å². The number of hydrogen-bond donors (Lipinski definition) is 1. The van der Waals surface area contributed by atoms with E-state index in [1.807, 2.05) is 24.8 Å². The van der Waals surface area contributed by atoms with Gasteiger partial charge in [-0.2, -0.15) is 0 Å². The number of aromatic nitrogens is 1. The fourth-order valence-corrected chi connectivity index (χ4v) is 5.47. The highest BCUT2D eigenvalue weighted by atomic mass is 35.5. The lowest BCUT2D eigenvalue weighted by molar-refractivity contribution is -0.117. The van der Waals surface area contributed by atoms with Crippen molar-refractivity contribution < 1.29 is 22.7 Å². The van der Waals surface area contributed by atoms with E-state index in [-0.39, 0.29) is 39.4 Å². The number of carbonyl (C=O) groups is 1. The van der Waals surface area contributed by atoms with Gasteiger partial charge in [0.05, 0.1) is 35.1 Å². The molecule has 1 aromatic heterocycles. The van der Waals surface area contributed by atoms with Gasteiger partial charge < -0.3 is 14.8 Å². The highest BCUT2D eigenvalue weighted by molar-refractivity contribution is 7.91. The van der Waals surface area contributed by atoms with Crippen molar-refractivity contribution in [3.05, 3.63) is 40.0 Å².